The average Bonchev–Trinajstić information content (AvgIpc) is 2.29. The summed E-state index contributed by atoms with van der Waals surface area (Å²) in [7, 11) is 0. The highest BCUT2D eigenvalue weighted by Gasteiger charge is 2.19. The Morgan fingerprint density at radius 3 is 2.47 bits per heavy atom. The van der Waals surface area contributed by atoms with E-state index in [1.165, 1.54) is 19.1 Å². The number of carbonyl (C=O) groups excluding carboxylic acids is 2. The first-order valence-electron chi connectivity index (χ1n) is 4.99. The molecule has 1 rings (SSSR count). The van der Waals surface area contributed by atoms with Crippen molar-refractivity contribution in [2.45, 2.75) is 19.4 Å². The maximum atomic E-state index is 11.3. The van der Waals surface area contributed by atoms with Gasteiger partial charge in [-0.1, -0.05) is 12.1 Å². The van der Waals surface area contributed by atoms with Crippen LogP contribution in [0, 0.1) is 6.57 Å². The molecule has 0 radical (unpaired) electrons. The van der Waals surface area contributed by atoms with Gasteiger partial charge in [-0.25, -0.2) is 0 Å². The van der Waals surface area contributed by atoms with Crippen molar-refractivity contribution in [2.24, 2.45) is 0 Å². The van der Waals surface area contributed by atoms with Gasteiger partial charge in [-0.15, -0.1) is 0 Å². The number of phenolic OH excluding ortho intramolecular Hbond substituents is 1. The summed E-state index contributed by atoms with van der Waals surface area (Å²) in [4.78, 5) is 25.0. The van der Waals surface area contributed by atoms with Crippen LogP contribution in [-0.2, 0) is 16.0 Å². The van der Waals surface area contributed by atoms with Gasteiger partial charge in [0.25, 0.3) is 0 Å². The van der Waals surface area contributed by atoms with E-state index in [0.717, 1.165) is 5.56 Å². The SMILES string of the molecule is [C-]#[N+]C(=O)[C@H](Cc1ccc(O)cc1)NC(C)=O. The van der Waals surface area contributed by atoms with E-state index in [-0.39, 0.29) is 18.1 Å². The second-order valence-electron chi connectivity index (χ2n) is 3.57. The topological polar surface area (TPSA) is 70.8 Å². The van der Waals surface area contributed by atoms with E-state index in [2.05, 4.69) is 10.2 Å². The van der Waals surface area contributed by atoms with E-state index >= 15 is 0 Å². The van der Waals surface area contributed by atoms with Crippen molar-refractivity contribution in [3.63, 3.8) is 0 Å². The number of aromatic hydroxyl groups is 1. The Balaban J connectivity index is 2.79. The summed E-state index contributed by atoms with van der Waals surface area (Å²) in [6, 6.07) is 5.42. The molecule has 5 nitrogen and oxygen atoms in total. The highest BCUT2D eigenvalue weighted by molar-refractivity contribution is 5.93. The lowest BCUT2D eigenvalue weighted by atomic mass is 10.1. The van der Waals surface area contributed by atoms with Crippen molar-refractivity contribution in [2.75, 3.05) is 0 Å². The number of rotatable bonds is 4. The summed E-state index contributed by atoms with van der Waals surface area (Å²) in [6.45, 7) is 7.96. The minimum absolute atomic E-state index is 0.126. The van der Waals surface area contributed by atoms with Crippen molar-refractivity contribution in [3.05, 3.63) is 41.2 Å². The van der Waals surface area contributed by atoms with E-state index in [1.807, 2.05) is 0 Å². The number of benzene rings is 1. The van der Waals surface area contributed by atoms with Crippen molar-refractivity contribution >= 4 is 11.8 Å². The molecule has 0 aliphatic carbocycles. The standard InChI is InChI=1S/C12H12N2O3/c1-8(15)14-11(12(17)13-2)7-9-3-5-10(16)6-4-9/h3-6,11,16H,7H2,1H3,(H,14,15)/t11-/m0/s1. The van der Waals surface area contributed by atoms with Gasteiger partial charge < -0.3 is 15.2 Å². The predicted molar refractivity (Wildman–Crippen MR) is 61.0 cm³/mol. The lowest BCUT2D eigenvalue weighted by molar-refractivity contribution is -0.124. The Morgan fingerprint density at radius 2 is 2.00 bits per heavy atom. The van der Waals surface area contributed by atoms with Crippen LogP contribution in [0.15, 0.2) is 24.3 Å². The minimum Gasteiger partial charge on any atom is -0.508 e. The normalized spacial score (nSPS) is 11.3. The maximum absolute atomic E-state index is 11.3. The summed E-state index contributed by atoms with van der Waals surface area (Å²) in [5.41, 5.74) is 0.763. The van der Waals surface area contributed by atoms with Gasteiger partial charge in [-0.05, 0) is 24.1 Å². The average molecular weight is 232 g/mol. The van der Waals surface area contributed by atoms with Gasteiger partial charge in [-0.2, -0.15) is 4.85 Å². The molecule has 0 aliphatic rings. The lowest BCUT2D eigenvalue weighted by Gasteiger charge is -2.13. The monoisotopic (exact) mass is 232 g/mol. The number of amides is 2. The van der Waals surface area contributed by atoms with Crippen LogP contribution in [0.3, 0.4) is 0 Å². The first-order valence-corrected chi connectivity index (χ1v) is 4.99. The molecule has 0 bridgehead atoms. The van der Waals surface area contributed by atoms with Gasteiger partial charge in [-0.3, -0.25) is 4.79 Å². The Hall–Kier alpha value is -2.35. The maximum Gasteiger partial charge on any atom is 0.377 e. The summed E-state index contributed by atoms with van der Waals surface area (Å²) in [6.07, 6.45) is 0.237. The molecule has 0 unspecified atom stereocenters. The second-order valence-corrected chi connectivity index (χ2v) is 3.57. The van der Waals surface area contributed by atoms with Gasteiger partial charge >= 0.3 is 5.91 Å². The van der Waals surface area contributed by atoms with E-state index in [1.54, 1.807) is 12.1 Å². The fourth-order valence-electron chi connectivity index (χ4n) is 1.39. The lowest BCUT2D eigenvalue weighted by Crippen LogP contribution is -2.40. The molecule has 88 valence electrons. The molecular weight excluding hydrogens is 220 g/mol. The van der Waals surface area contributed by atoms with E-state index in [0.29, 0.717) is 0 Å². The molecular formula is C12H12N2O3. The Kier molecular flexibility index (Phi) is 4.23. The zero-order chi connectivity index (χ0) is 12.8. The number of carbonyl (C=O) groups is 2. The molecule has 1 aromatic rings. The van der Waals surface area contributed by atoms with Crippen LogP contribution in [0.25, 0.3) is 4.85 Å². The Labute approximate surface area is 98.9 Å². The zero-order valence-electron chi connectivity index (χ0n) is 9.30. The molecule has 0 aromatic heterocycles. The molecule has 1 atom stereocenters. The Morgan fingerprint density at radius 1 is 1.41 bits per heavy atom. The molecule has 0 spiro atoms. The first-order chi connectivity index (χ1) is 8.02. The summed E-state index contributed by atoms with van der Waals surface area (Å²) >= 11 is 0. The quantitative estimate of drug-likeness (QED) is 0.757. The molecule has 0 saturated carbocycles. The van der Waals surface area contributed by atoms with Crippen LogP contribution in [0.2, 0.25) is 0 Å². The van der Waals surface area contributed by atoms with Gasteiger partial charge in [0.05, 0.1) is 6.57 Å². The molecule has 0 aliphatic heterocycles. The number of hydrogen-bond donors (Lipinski definition) is 2. The van der Waals surface area contributed by atoms with Crippen LogP contribution in [0.1, 0.15) is 12.5 Å². The third kappa shape index (κ3) is 3.95. The predicted octanol–water partition coefficient (Wildman–Crippen LogP) is 0.885. The number of nitrogens with zero attached hydrogens (tertiary/aromatic N) is 1. The van der Waals surface area contributed by atoms with Crippen LogP contribution in [0.5, 0.6) is 5.75 Å². The largest absolute Gasteiger partial charge is 0.508 e. The molecule has 2 amide bonds. The number of nitrogens with one attached hydrogen (secondary N) is 1. The highest BCUT2D eigenvalue weighted by Crippen LogP contribution is 2.11. The molecule has 17 heavy (non-hydrogen) atoms. The summed E-state index contributed by atoms with van der Waals surface area (Å²) in [5, 5.41) is 11.5. The summed E-state index contributed by atoms with van der Waals surface area (Å²) < 4.78 is 0. The minimum atomic E-state index is -0.838. The number of phenols is 1. The zero-order valence-corrected chi connectivity index (χ0v) is 9.30. The molecule has 0 heterocycles. The molecule has 0 fully saturated rings. The van der Waals surface area contributed by atoms with Gasteiger partial charge in [0.15, 0.2) is 0 Å². The molecule has 5 heteroatoms. The van der Waals surface area contributed by atoms with E-state index < -0.39 is 11.9 Å². The van der Waals surface area contributed by atoms with E-state index in [4.69, 9.17) is 11.7 Å². The Bertz CT molecular complexity index is 460. The molecule has 0 saturated heterocycles. The third-order valence-corrected chi connectivity index (χ3v) is 2.16. The molecule has 1 aromatic carbocycles. The van der Waals surface area contributed by atoms with E-state index in [9.17, 15) is 9.59 Å². The van der Waals surface area contributed by atoms with Crippen LogP contribution < -0.4 is 5.32 Å². The number of hydrogen-bond acceptors (Lipinski definition) is 3. The van der Waals surface area contributed by atoms with Gasteiger partial charge in [0.2, 0.25) is 5.91 Å². The van der Waals surface area contributed by atoms with Crippen molar-refractivity contribution in [1.29, 1.82) is 0 Å². The van der Waals surface area contributed by atoms with Gasteiger partial charge in [0.1, 0.15) is 11.8 Å². The molecule has 2 N–H and O–H groups in total. The summed E-state index contributed by atoms with van der Waals surface area (Å²) in [5.74, 6) is -0.930. The fourth-order valence-corrected chi connectivity index (χ4v) is 1.39. The van der Waals surface area contributed by atoms with Crippen LogP contribution in [0.4, 0.5) is 0 Å². The van der Waals surface area contributed by atoms with Gasteiger partial charge in [0, 0.05) is 6.92 Å². The van der Waals surface area contributed by atoms with Crippen molar-refractivity contribution in [3.8, 4) is 5.75 Å². The fraction of sp³-hybridized carbons (Fsp3) is 0.250. The van der Waals surface area contributed by atoms with Crippen molar-refractivity contribution < 1.29 is 14.7 Å². The van der Waals surface area contributed by atoms with Crippen molar-refractivity contribution in [1.82, 2.24) is 5.32 Å². The third-order valence-electron chi connectivity index (χ3n) is 2.16. The van der Waals surface area contributed by atoms with Crippen LogP contribution >= 0.6 is 0 Å². The van der Waals surface area contributed by atoms with Crippen LogP contribution in [-0.4, -0.2) is 23.0 Å². The highest BCUT2D eigenvalue weighted by atomic mass is 16.3. The second kappa shape index (κ2) is 5.66. The first kappa shape index (κ1) is 12.7. The smallest absolute Gasteiger partial charge is 0.377 e.